The van der Waals surface area contributed by atoms with Gasteiger partial charge >= 0.3 is 11.9 Å². The van der Waals surface area contributed by atoms with Crippen LogP contribution in [-0.2, 0) is 19.1 Å². The summed E-state index contributed by atoms with van der Waals surface area (Å²) in [5.41, 5.74) is 0. The molecule has 0 saturated heterocycles. The van der Waals surface area contributed by atoms with Gasteiger partial charge in [-0.25, -0.2) is 0 Å². The highest BCUT2D eigenvalue weighted by Crippen LogP contribution is 2.50. The van der Waals surface area contributed by atoms with E-state index in [0.29, 0.717) is 36.9 Å². The molecule has 2 rings (SSSR count). The van der Waals surface area contributed by atoms with Gasteiger partial charge in [0.15, 0.2) is 0 Å². The van der Waals surface area contributed by atoms with Crippen LogP contribution >= 0.6 is 31.9 Å². The van der Waals surface area contributed by atoms with Crippen molar-refractivity contribution in [3.05, 3.63) is 12.2 Å². The molecule has 0 radical (unpaired) electrons. The molecular formula is C19H28Br2O4. The van der Waals surface area contributed by atoms with Gasteiger partial charge in [0.25, 0.3) is 0 Å². The lowest BCUT2D eigenvalue weighted by molar-refractivity contribution is -0.147. The topological polar surface area (TPSA) is 52.6 Å². The maximum atomic E-state index is 11.9. The molecule has 0 aromatic carbocycles. The molecule has 4 atom stereocenters. The van der Waals surface area contributed by atoms with Gasteiger partial charge in [-0.15, -0.1) is 0 Å². The van der Waals surface area contributed by atoms with Crippen molar-refractivity contribution in [3.8, 4) is 0 Å². The van der Waals surface area contributed by atoms with Gasteiger partial charge in [0.05, 0.1) is 13.2 Å². The Balaban J connectivity index is 1.82. The number of rotatable bonds is 8. The van der Waals surface area contributed by atoms with Gasteiger partial charge in [0.2, 0.25) is 0 Å². The Kier molecular flexibility index (Phi) is 6.80. The molecule has 2 aliphatic rings. The number of fused-ring (bicyclic) bond motifs is 2. The summed E-state index contributed by atoms with van der Waals surface area (Å²) in [7, 11) is 0. The van der Waals surface area contributed by atoms with Gasteiger partial charge in [-0.1, -0.05) is 44.0 Å². The van der Waals surface area contributed by atoms with Crippen molar-refractivity contribution in [2.24, 2.45) is 23.7 Å². The number of alkyl halides is 2. The molecule has 6 heteroatoms. The van der Waals surface area contributed by atoms with Crippen LogP contribution in [0.25, 0.3) is 0 Å². The molecule has 4 unspecified atom stereocenters. The first-order valence-corrected chi connectivity index (χ1v) is 10.5. The van der Waals surface area contributed by atoms with Gasteiger partial charge in [-0.3, -0.25) is 9.59 Å². The van der Waals surface area contributed by atoms with Crippen LogP contribution in [0.4, 0.5) is 0 Å². The number of carbonyl (C=O) groups is 2. The average molecular weight is 480 g/mol. The van der Waals surface area contributed by atoms with E-state index in [0.717, 1.165) is 12.8 Å². The maximum absolute atomic E-state index is 11.9. The zero-order valence-corrected chi connectivity index (χ0v) is 18.6. The SMILES string of the molecule is CC(C)(Br)C(=O)OCCC1C2C=CC(C2)C1CCOC(=O)C(C)(C)Br. The predicted octanol–water partition coefficient (Wildman–Crippen LogP) is 4.64. The maximum Gasteiger partial charge on any atom is 0.322 e. The van der Waals surface area contributed by atoms with Crippen molar-refractivity contribution in [3.63, 3.8) is 0 Å². The number of allylic oxidation sites excluding steroid dienone is 2. The quantitative estimate of drug-likeness (QED) is 0.289. The molecule has 2 aliphatic carbocycles. The van der Waals surface area contributed by atoms with Crippen molar-refractivity contribution in [1.29, 1.82) is 0 Å². The fraction of sp³-hybridized carbons (Fsp3) is 0.789. The second-order valence-corrected chi connectivity index (χ2v) is 12.0. The number of hydrogen-bond acceptors (Lipinski definition) is 4. The van der Waals surface area contributed by atoms with E-state index in [1.807, 2.05) is 0 Å². The second kappa shape index (κ2) is 8.12. The zero-order valence-electron chi connectivity index (χ0n) is 15.4. The smallest absolute Gasteiger partial charge is 0.322 e. The Morgan fingerprint density at radius 3 is 1.56 bits per heavy atom. The Morgan fingerprint density at radius 1 is 0.880 bits per heavy atom. The minimum absolute atomic E-state index is 0.226. The Hall–Kier alpha value is -0.360. The first kappa shape index (κ1) is 20.9. The highest BCUT2D eigenvalue weighted by molar-refractivity contribution is 9.10. The van der Waals surface area contributed by atoms with E-state index in [4.69, 9.17) is 9.47 Å². The minimum atomic E-state index is -0.641. The van der Waals surface area contributed by atoms with Gasteiger partial charge in [-0.2, -0.15) is 0 Å². The van der Waals surface area contributed by atoms with Gasteiger partial charge in [0.1, 0.15) is 8.65 Å². The summed E-state index contributed by atoms with van der Waals surface area (Å²) in [6.45, 7) is 8.05. The molecule has 1 saturated carbocycles. The molecule has 4 nitrogen and oxygen atoms in total. The van der Waals surface area contributed by atoms with Gasteiger partial charge < -0.3 is 9.47 Å². The Bertz CT molecular complexity index is 485. The van der Waals surface area contributed by atoms with Crippen LogP contribution in [0.1, 0.15) is 47.0 Å². The second-order valence-electron chi connectivity index (χ2n) is 8.07. The first-order valence-electron chi connectivity index (χ1n) is 8.90. The molecule has 142 valence electrons. The normalized spacial score (nSPS) is 28.2. The van der Waals surface area contributed by atoms with E-state index in [-0.39, 0.29) is 11.9 Å². The summed E-state index contributed by atoms with van der Waals surface area (Å²) in [5, 5.41) is 0. The summed E-state index contributed by atoms with van der Waals surface area (Å²) < 4.78 is 9.54. The average Bonchev–Trinajstić information content (AvgIpc) is 3.07. The Labute approximate surface area is 167 Å². The van der Waals surface area contributed by atoms with E-state index in [9.17, 15) is 9.59 Å². The molecule has 0 aromatic heterocycles. The van der Waals surface area contributed by atoms with Crippen molar-refractivity contribution in [1.82, 2.24) is 0 Å². The minimum Gasteiger partial charge on any atom is -0.465 e. The molecule has 2 bridgehead atoms. The monoisotopic (exact) mass is 478 g/mol. The third-order valence-electron chi connectivity index (χ3n) is 5.14. The zero-order chi connectivity index (χ0) is 18.8. The molecule has 1 fully saturated rings. The van der Waals surface area contributed by atoms with Crippen LogP contribution in [0.5, 0.6) is 0 Å². The third-order valence-corrected chi connectivity index (χ3v) is 5.79. The lowest BCUT2D eigenvalue weighted by Crippen LogP contribution is -2.30. The van der Waals surface area contributed by atoms with E-state index >= 15 is 0 Å². The van der Waals surface area contributed by atoms with Crippen molar-refractivity contribution in [2.75, 3.05) is 13.2 Å². The van der Waals surface area contributed by atoms with Crippen molar-refractivity contribution < 1.29 is 19.1 Å². The van der Waals surface area contributed by atoms with E-state index in [1.165, 1.54) is 6.42 Å². The lowest BCUT2D eigenvalue weighted by Gasteiger charge is -2.28. The first-order chi connectivity index (χ1) is 11.5. The highest BCUT2D eigenvalue weighted by Gasteiger charge is 2.44. The number of ether oxygens (including phenoxy) is 2. The number of hydrogen-bond donors (Lipinski definition) is 0. The third kappa shape index (κ3) is 5.56. The van der Waals surface area contributed by atoms with E-state index in [1.54, 1.807) is 27.7 Å². The number of esters is 2. The molecule has 0 aromatic rings. The van der Waals surface area contributed by atoms with Gasteiger partial charge in [0, 0.05) is 0 Å². The molecule has 0 N–H and O–H groups in total. The molecule has 25 heavy (non-hydrogen) atoms. The van der Waals surface area contributed by atoms with Crippen LogP contribution in [0, 0.1) is 23.7 Å². The van der Waals surface area contributed by atoms with E-state index < -0.39 is 8.65 Å². The molecular weight excluding hydrogens is 452 g/mol. The van der Waals surface area contributed by atoms with Crippen LogP contribution in [0.2, 0.25) is 0 Å². The molecule has 0 amide bonds. The van der Waals surface area contributed by atoms with Crippen molar-refractivity contribution in [2.45, 2.75) is 55.6 Å². The van der Waals surface area contributed by atoms with Gasteiger partial charge in [-0.05, 0) is 70.6 Å². The lowest BCUT2D eigenvalue weighted by atomic mass is 9.79. The summed E-state index contributed by atoms with van der Waals surface area (Å²) in [6.07, 6.45) is 7.50. The molecule has 0 heterocycles. The molecule has 0 aliphatic heterocycles. The number of halogens is 2. The standard InChI is InChI=1S/C19H28Br2O4/c1-18(2,20)16(22)24-9-7-14-12-5-6-13(11-12)15(14)8-10-25-17(23)19(3,4)21/h5-6,12-15H,7-11H2,1-4H3. The summed E-state index contributed by atoms with van der Waals surface area (Å²) in [5.74, 6) is 1.67. The largest absolute Gasteiger partial charge is 0.465 e. The molecule has 0 spiro atoms. The summed E-state index contributed by atoms with van der Waals surface area (Å²) in [6, 6.07) is 0. The summed E-state index contributed by atoms with van der Waals surface area (Å²) >= 11 is 6.66. The van der Waals surface area contributed by atoms with Crippen LogP contribution < -0.4 is 0 Å². The van der Waals surface area contributed by atoms with Crippen LogP contribution in [0.3, 0.4) is 0 Å². The van der Waals surface area contributed by atoms with E-state index in [2.05, 4.69) is 44.0 Å². The Morgan fingerprint density at radius 2 is 1.24 bits per heavy atom. The predicted molar refractivity (Wildman–Crippen MR) is 105 cm³/mol. The number of carbonyl (C=O) groups excluding carboxylic acids is 2. The summed E-state index contributed by atoms with van der Waals surface area (Å²) in [4.78, 5) is 23.8. The fourth-order valence-corrected chi connectivity index (χ4v) is 4.03. The fourth-order valence-electron chi connectivity index (χ4n) is 3.80. The highest BCUT2D eigenvalue weighted by atomic mass is 79.9. The van der Waals surface area contributed by atoms with Crippen molar-refractivity contribution >= 4 is 43.8 Å². The van der Waals surface area contributed by atoms with Crippen LogP contribution in [0.15, 0.2) is 12.2 Å². The van der Waals surface area contributed by atoms with Crippen LogP contribution in [-0.4, -0.2) is 33.8 Å².